The molecule has 0 aliphatic rings. The summed E-state index contributed by atoms with van der Waals surface area (Å²) in [6.45, 7) is 15.6. The van der Waals surface area contributed by atoms with Crippen molar-refractivity contribution in [3.05, 3.63) is 24.3 Å². The van der Waals surface area contributed by atoms with Gasteiger partial charge in [0.2, 0.25) is 0 Å². The first-order valence-corrected chi connectivity index (χ1v) is 6.15. The van der Waals surface area contributed by atoms with E-state index in [1.54, 1.807) is 0 Å². The Kier molecular flexibility index (Phi) is 11.4. The van der Waals surface area contributed by atoms with Crippen molar-refractivity contribution in [2.75, 3.05) is 39.6 Å². The molecule has 0 aromatic rings. The van der Waals surface area contributed by atoms with Crippen molar-refractivity contribution >= 4 is 0 Å². The lowest BCUT2D eigenvalue weighted by Gasteiger charge is -2.06. The first-order chi connectivity index (χ1) is 8.13. The Morgan fingerprint density at radius 1 is 0.647 bits per heavy atom. The molecule has 0 unspecified atom stereocenters. The van der Waals surface area contributed by atoms with E-state index in [-0.39, 0.29) is 0 Å². The Labute approximate surface area is 105 Å². The molecule has 100 valence electrons. The Morgan fingerprint density at radius 2 is 0.941 bits per heavy atom. The molecule has 0 saturated heterocycles. The van der Waals surface area contributed by atoms with E-state index in [0.717, 1.165) is 37.2 Å². The van der Waals surface area contributed by atoms with Crippen LogP contribution in [0.15, 0.2) is 24.3 Å². The molecule has 0 rings (SSSR count). The summed E-state index contributed by atoms with van der Waals surface area (Å²) in [5.74, 6) is 0. The fourth-order valence-electron chi connectivity index (χ4n) is 1.03. The van der Waals surface area contributed by atoms with Gasteiger partial charge in [0.1, 0.15) is 0 Å². The number of rotatable bonds is 12. The Morgan fingerprint density at radius 3 is 1.24 bits per heavy atom. The standard InChI is InChI=1S/C14H26O3/c1-13(2)5-7-15-9-11-17-12-10-16-8-6-14(3)4/h1,3,5-12H2,2,4H3. The lowest BCUT2D eigenvalue weighted by molar-refractivity contribution is 0.0157. The maximum absolute atomic E-state index is 5.37. The smallest absolute Gasteiger partial charge is 0.0701 e. The summed E-state index contributed by atoms with van der Waals surface area (Å²) in [6.07, 6.45) is 1.84. The zero-order chi connectivity index (χ0) is 12.9. The molecule has 0 fully saturated rings. The first-order valence-electron chi connectivity index (χ1n) is 6.15. The van der Waals surface area contributed by atoms with Gasteiger partial charge < -0.3 is 14.2 Å². The summed E-state index contributed by atoms with van der Waals surface area (Å²) in [5, 5.41) is 0. The van der Waals surface area contributed by atoms with E-state index in [2.05, 4.69) is 13.2 Å². The van der Waals surface area contributed by atoms with Crippen LogP contribution in [-0.2, 0) is 14.2 Å². The van der Waals surface area contributed by atoms with Gasteiger partial charge in [-0.25, -0.2) is 0 Å². The second-order valence-corrected chi connectivity index (χ2v) is 4.25. The number of hydrogen-bond acceptors (Lipinski definition) is 3. The SMILES string of the molecule is C=C(C)CCOCCOCCOCCC(=C)C. The van der Waals surface area contributed by atoms with Crippen molar-refractivity contribution in [2.45, 2.75) is 26.7 Å². The molecule has 0 amide bonds. The van der Waals surface area contributed by atoms with Crippen molar-refractivity contribution in [1.29, 1.82) is 0 Å². The van der Waals surface area contributed by atoms with Crippen LogP contribution < -0.4 is 0 Å². The molecule has 0 spiro atoms. The van der Waals surface area contributed by atoms with E-state index in [1.165, 1.54) is 0 Å². The van der Waals surface area contributed by atoms with E-state index in [9.17, 15) is 0 Å². The largest absolute Gasteiger partial charge is 0.379 e. The van der Waals surface area contributed by atoms with Gasteiger partial charge in [0.15, 0.2) is 0 Å². The van der Waals surface area contributed by atoms with Crippen molar-refractivity contribution in [1.82, 2.24) is 0 Å². The highest BCUT2D eigenvalue weighted by Crippen LogP contribution is 1.96. The minimum atomic E-state index is 0.625. The lowest BCUT2D eigenvalue weighted by atomic mass is 10.3. The third-order valence-corrected chi connectivity index (χ3v) is 2.09. The minimum Gasteiger partial charge on any atom is -0.379 e. The quantitative estimate of drug-likeness (QED) is 0.389. The summed E-state index contributed by atoms with van der Waals surface area (Å²) in [5.41, 5.74) is 2.30. The number of hydrogen-bond donors (Lipinski definition) is 0. The fraction of sp³-hybridized carbons (Fsp3) is 0.714. The zero-order valence-electron chi connectivity index (χ0n) is 11.3. The normalized spacial score (nSPS) is 10.5. The van der Waals surface area contributed by atoms with E-state index in [4.69, 9.17) is 14.2 Å². The molecule has 0 aliphatic heterocycles. The average Bonchev–Trinajstić information content (AvgIpc) is 2.25. The highest BCUT2D eigenvalue weighted by molar-refractivity contribution is 4.87. The Hall–Kier alpha value is -0.640. The minimum absolute atomic E-state index is 0.625. The van der Waals surface area contributed by atoms with Gasteiger partial charge in [-0.1, -0.05) is 11.1 Å². The second kappa shape index (κ2) is 11.8. The van der Waals surface area contributed by atoms with Crippen LogP contribution >= 0.6 is 0 Å². The van der Waals surface area contributed by atoms with Crippen molar-refractivity contribution < 1.29 is 14.2 Å². The van der Waals surface area contributed by atoms with Crippen LogP contribution in [-0.4, -0.2) is 39.6 Å². The van der Waals surface area contributed by atoms with Crippen LogP contribution in [0.5, 0.6) is 0 Å². The van der Waals surface area contributed by atoms with E-state index >= 15 is 0 Å². The summed E-state index contributed by atoms with van der Waals surface area (Å²) in [7, 11) is 0. The van der Waals surface area contributed by atoms with Crippen LogP contribution in [0.3, 0.4) is 0 Å². The highest BCUT2D eigenvalue weighted by Gasteiger charge is 1.92. The molecule has 17 heavy (non-hydrogen) atoms. The molecule has 0 N–H and O–H groups in total. The first kappa shape index (κ1) is 16.4. The summed E-state index contributed by atoms with van der Waals surface area (Å²) in [4.78, 5) is 0. The van der Waals surface area contributed by atoms with Gasteiger partial charge in [0, 0.05) is 0 Å². The zero-order valence-corrected chi connectivity index (χ0v) is 11.3. The van der Waals surface area contributed by atoms with Gasteiger partial charge in [0.05, 0.1) is 39.6 Å². The third kappa shape index (κ3) is 15.4. The Bertz CT molecular complexity index is 190. The monoisotopic (exact) mass is 242 g/mol. The highest BCUT2D eigenvalue weighted by atomic mass is 16.5. The molecule has 0 aromatic carbocycles. The molecule has 0 aliphatic carbocycles. The van der Waals surface area contributed by atoms with Crippen molar-refractivity contribution in [3.8, 4) is 0 Å². The van der Waals surface area contributed by atoms with Crippen LogP contribution in [0.1, 0.15) is 26.7 Å². The van der Waals surface area contributed by atoms with Gasteiger partial charge >= 0.3 is 0 Å². The fourth-order valence-corrected chi connectivity index (χ4v) is 1.03. The van der Waals surface area contributed by atoms with Crippen LogP contribution in [0.2, 0.25) is 0 Å². The van der Waals surface area contributed by atoms with E-state index in [1.807, 2.05) is 13.8 Å². The molecule has 0 heterocycles. The predicted molar refractivity (Wildman–Crippen MR) is 71.3 cm³/mol. The van der Waals surface area contributed by atoms with Crippen LogP contribution in [0.4, 0.5) is 0 Å². The van der Waals surface area contributed by atoms with Crippen LogP contribution in [0.25, 0.3) is 0 Å². The maximum atomic E-state index is 5.37. The van der Waals surface area contributed by atoms with E-state index in [0.29, 0.717) is 26.4 Å². The molecule has 0 radical (unpaired) electrons. The summed E-state index contributed by atoms with van der Waals surface area (Å²) < 4.78 is 16.1. The van der Waals surface area contributed by atoms with Crippen molar-refractivity contribution in [3.63, 3.8) is 0 Å². The maximum Gasteiger partial charge on any atom is 0.0701 e. The van der Waals surface area contributed by atoms with Gasteiger partial charge in [0.25, 0.3) is 0 Å². The molecule has 0 bridgehead atoms. The van der Waals surface area contributed by atoms with Gasteiger partial charge in [-0.15, -0.1) is 13.2 Å². The lowest BCUT2D eigenvalue weighted by Crippen LogP contribution is -2.10. The van der Waals surface area contributed by atoms with Gasteiger partial charge in [-0.3, -0.25) is 0 Å². The predicted octanol–water partition coefficient (Wildman–Crippen LogP) is 2.97. The molecule has 0 saturated carbocycles. The van der Waals surface area contributed by atoms with E-state index < -0.39 is 0 Å². The summed E-state index contributed by atoms with van der Waals surface area (Å²) >= 11 is 0. The Balaban J connectivity index is 2.98. The van der Waals surface area contributed by atoms with Gasteiger partial charge in [-0.2, -0.15) is 0 Å². The topological polar surface area (TPSA) is 27.7 Å². The average molecular weight is 242 g/mol. The van der Waals surface area contributed by atoms with Gasteiger partial charge in [-0.05, 0) is 26.7 Å². The molecule has 0 aromatic heterocycles. The molecular formula is C14H26O3. The summed E-state index contributed by atoms with van der Waals surface area (Å²) in [6, 6.07) is 0. The second-order valence-electron chi connectivity index (χ2n) is 4.25. The third-order valence-electron chi connectivity index (χ3n) is 2.09. The van der Waals surface area contributed by atoms with Crippen LogP contribution in [0, 0.1) is 0 Å². The van der Waals surface area contributed by atoms with Crippen molar-refractivity contribution in [2.24, 2.45) is 0 Å². The molecule has 3 heteroatoms. The molecular weight excluding hydrogens is 216 g/mol. The molecule has 3 nitrogen and oxygen atoms in total. The number of ether oxygens (including phenoxy) is 3. The molecule has 0 atom stereocenters.